The first-order chi connectivity index (χ1) is 5.95. The average Bonchev–Trinajstić information content (AvgIpc) is 2.07. The first-order valence-electron chi connectivity index (χ1n) is 3.32. The molecule has 0 unspecified atom stereocenters. The van der Waals surface area contributed by atoms with Gasteiger partial charge in [0.2, 0.25) is 0 Å². The highest BCUT2D eigenvalue weighted by atomic mass is 79.9. The Labute approximate surface area is 81.3 Å². The number of benzene rings is 1. The lowest BCUT2D eigenvalue weighted by molar-refractivity contribution is 0.101. The van der Waals surface area contributed by atoms with E-state index in [9.17, 15) is 18.7 Å². The fourth-order valence-corrected chi connectivity index (χ4v) is 1.26. The van der Waals surface area contributed by atoms with E-state index >= 15 is 0 Å². The minimum absolute atomic E-state index is 0.245. The van der Waals surface area contributed by atoms with Gasteiger partial charge in [-0.25, -0.2) is 8.78 Å². The molecule has 0 aliphatic carbocycles. The van der Waals surface area contributed by atoms with Crippen molar-refractivity contribution in [1.82, 2.24) is 0 Å². The maximum absolute atomic E-state index is 12.7. The van der Waals surface area contributed by atoms with Gasteiger partial charge in [0.15, 0.2) is 17.4 Å². The van der Waals surface area contributed by atoms with E-state index in [0.29, 0.717) is 6.07 Å². The summed E-state index contributed by atoms with van der Waals surface area (Å²) in [6.45, 7) is 1.15. The molecule has 0 aromatic heterocycles. The second-order valence-electron chi connectivity index (χ2n) is 2.44. The summed E-state index contributed by atoms with van der Waals surface area (Å²) in [7, 11) is 0. The van der Waals surface area contributed by atoms with Gasteiger partial charge in [0.1, 0.15) is 5.75 Å². The van der Waals surface area contributed by atoms with Gasteiger partial charge in [-0.05, 0) is 28.9 Å². The highest BCUT2D eigenvalue weighted by molar-refractivity contribution is 9.10. The van der Waals surface area contributed by atoms with E-state index in [-0.39, 0.29) is 5.56 Å². The molecule has 13 heavy (non-hydrogen) atoms. The third-order valence-electron chi connectivity index (χ3n) is 1.52. The van der Waals surface area contributed by atoms with Crippen molar-refractivity contribution in [1.29, 1.82) is 0 Å². The minimum Gasteiger partial charge on any atom is -0.506 e. The predicted octanol–water partition coefficient (Wildman–Crippen LogP) is 2.64. The molecule has 5 heteroatoms. The van der Waals surface area contributed by atoms with E-state index in [1.54, 1.807) is 0 Å². The molecule has 0 saturated heterocycles. The van der Waals surface area contributed by atoms with Crippen molar-refractivity contribution in [2.45, 2.75) is 6.92 Å². The van der Waals surface area contributed by atoms with Gasteiger partial charge in [-0.15, -0.1) is 0 Å². The number of hydrogen-bond acceptors (Lipinski definition) is 2. The van der Waals surface area contributed by atoms with Gasteiger partial charge < -0.3 is 5.11 Å². The fourth-order valence-electron chi connectivity index (χ4n) is 0.854. The van der Waals surface area contributed by atoms with Gasteiger partial charge in [0.25, 0.3) is 0 Å². The summed E-state index contributed by atoms with van der Waals surface area (Å²) in [5, 5.41) is 9.20. The number of Topliss-reactive ketones (excluding diaryl/α,β-unsaturated/α-hetero) is 1. The van der Waals surface area contributed by atoms with Gasteiger partial charge in [-0.3, -0.25) is 4.79 Å². The van der Waals surface area contributed by atoms with Crippen molar-refractivity contribution in [2.24, 2.45) is 0 Å². The van der Waals surface area contributed by atoms with Gasteiger partial charge in [-0.1, -0.05) is 0 Å². The van der Waals surface area contributed by atoms with E-state index in [4.69, 9.17) is 0 Å². The molecule has 1 aromatic carbocycles. The molecule has 0 spiro atoms. The quantitative estimate of drug-likeness (QED) is 0.615. The zero-order valence-electron chi connectivity index (χ0n) is 6.57. The van der Waals surface area contributed by atoms with E-state index in [0.717, 1.165) is 6.92 Å². The van der Waals surface area contributed by atoms with E-state index in [2.05, 4.69) is 15.9 Å². The number of halogens is 3. The number of hydrogen-bond donors (Lipinski definition) is 1. The van der Waals surface area contributed by atoms with Gasteiger partial charge in [-0.2, -0.15) is 0 Å². The molecule has 1 rings (SSSR count). The molecule has 1 aromatic rings. The Morgan fingerprint density at radius 1 is 1.54 bits per heavy atom. The Hall–Kier alpha value is -0.970. The molecule has 0 fully saturated rings. The maximum atomic E-state index is 12.7. The van der Waals surface area contributed by atoms with Crippen molar-refractivity contribution in [3.05, 3.63) is 27.7 Å². The average molecular weight is 251 g/mol. The van der Waals surface area contributed by atoms with Gasteiger partial charge in [0.05, 0.1) is 10.0 Å². The standard InChI is InChI=1S/C8H5BrF2O2/c1-3(12)4-2-5(10)7(11)6(9)8(4)13/h2,13H,1H3. The highest BCUT2D eigenvalue weighted by Crippen LogP contribution is 2.32. The number of aromatic hydroxyl groups is 1. The van der Waals surface area contributed by atoms with Crippen molar-refractivity contribution in [2.75, 3.05) is 0 Å². The zero-order chi connectivity index (χ0) is 10.2. The summed E-state index contributed by atoms with van der Waals surface area (Å²) in [6, 6.07) is 0.664. The Kier molecular flexibility index (Phi) is 2.66. The summed E-state index contributed by atoms with van der Waals surface area (Å²) < 4.78 is 25.0. The summed E-state index contributed by atoms with van der Waals surface area (Å²) in [4.78, 5) is 10.8. The van der Waals surface area contributed by atoms with Crippen LogP contribution >= 0.6 is 15.9 Å². The normalized spacial score (nSPS) is 10.2. The lowest BCUT2D eigenvalue weighted by Gasteiger charge is -2.04. The Morgan fingerprint density at radius 2 is 2.08 bits per heavy atom. The van der Waals surface area contributed by atoms with E-state index in [1.165, 1.54) is 0 Å². The molecule has 0 bridgehead atoms. The smallest absolute Gasteiger partial charge is 0.176 e. The Balaban J connectivity index is 3.50. The molecule has 0 heterocycles. The van der Waals surface area contributed by atoms with Crippen LogP contribution in [-0.2, 0) is 0 Å². The van der Waals surface area contributed by atoms with Gasteiger partial charge in [0, 0.05) is 0 Å². The molecular weight excluding hydrogens is 246 g/mol. The number of ketones is 1. The number of carbonyl (C=O) groups excluding carboxylic acids is 1. The van der Waals surface area contributed by atoms with Gasteiger partial charge >= 0.3 is 0 Å². The lowest BCUT2D eigenvalue weighted by Crippen LogP contribution is -1.97. The maximum Gasteiger partial charge on any atom is 0.176 e. The van der Waals surface area contributed by atoms with Crippen molar-refractivity contribution < 1.29 is 18.7 Å². The SMILES string of the molecule is CC(=O)c1cc(F)c(F)c(Br)c1O. The molecule has 0 aliphatic heterocycles. The van der Waals surface area contributed by atoms with Crippen LogP contribution in [0.5, 0.6) is 5.75 Å². The van der Waals surface area contributed by atoms with Crippen LogP contribution in [-0.4, -0.2) is 10.9 Å². The molecule has 1 N–H and O–H groups in total. The van der Waals surface area contributed by atoms with Crippen LogP contribution in [0.1, 0.15) is 17.3 Å². The molecule has 2 nitrogen and oxygen atoms in total. The number of phenolic OH excluding ortho intramolecular Hbond substituents is 1. The van der Waals surface area contributed by atoms with Crippen LogP contribution in [0.3, 0.4) is 0 Å². The summed E-state index contributed by atoms with van der Waals surface area (Å²) in [5.74, 6) is -3.49. The van der Waals surface area contributed by atoms with E-state index in [1.807, 2.05) is 0 Å². The third kappa shape index (κ3) is 1.70. The van der Waals surface area contributed by atoms with Crippen LogP contribution in [0, 0.1) is 11.6 Å². The lowest BCUT2D eigenvalue weighted by atomic mass is 10.1. The predicted molar refractivity (Wildman–Crippen MR) is 45.7 cm³/mol. The van der Waals surface area contributed by atoms with E-state index < -0.39 is 27.6 Å². The first kappa shape index (κ1) is 10.1. The second kappa shape index (κ2) is 3.41. The molecule has 0 saturated carbocycles. The van der Waals surface area contributed by atoms with Crippen LogP contribution < -0.4 is 0 Å². The minimum atomic E-state index is -1.21. The van der Waals surface area contributed by atoms with Crippen LogP contribution in [0.2, 0.25) is 0 Å². The molecule has 0 atom stereocenters. The molecule has 0 aliphatic rings. The first-order valence-corrected chi connectivity index (χ1v) is 4.12. The number of carbonyl (C=O) groups is 1. The Bertz CT molecular complexity index is 377. The highest BCUT2D eigenvalue weighted by Gasteiger charge is 2.17. The largest absolute Gasteiger partial charge is 0.506 e. The number of phenols is 1. The van der Waals surface area contributed by atoms with Crippen molar-refractivity contribution in [3.8, 4) is 5.75 Å². The van der Waals surface area contributed by atoms with Crippen molar-refractivity contribution in [3.63, 3.8) is 0 Å². The second-order valence-corrected chi connectivity index (χ2v) is 3.23. The summed E-state index contributed by atoms with van der Waals surface area (Å²) in [6.07, 6.45) is 0. The van der Waals surface area contributed by atoms with Crippen LogP contribution in [0.4, 0.5) is 8.78 Å². The molecular formula is C8H5BrF2O2. The Morgan fingerprint density at radius 3 is 2.54 bits per heavy atom. The fraction of sp³-hybridized carbons (Fsp3) is 0.125. The third-order valence-corrected chi connectivity index (χ3v) is 2.24. The summed E-state index contributed by atoms with van der Waals surface area (Å²) in [5.41, 5.74) is -0.245. The number of rotatable bonds is 1. The topological polar surface area (TPSA) is 37.3 Å². The van der Waals surface area contributed by atoms with Crippen LogP contribution in [0.25, 0.3) is 0 Å². The molecule has 0 amide bonds. The molecule has 0 radical (unpaired) electrons. The molecule has 70 valence electrons. The van der Waals surface area contributed by atoms with Crippen molar-refractivity contribution >= 4 is 21.7 Å². The monoisotopic (exact) mass is 250 g/mol. The van der Waals surface area contributed by atoms with Crippen LogP contribution in [0.15, 0.2) is 10.5 Å². The summed E-state index contributed by atoms with van der Waals surface area (Å²) >= 11 is 2.63. The zero-order valence-corrected chi connectivity index (χ0v) is 8.15.